The van der Waals surface area contributed by atoms with E-state index in [-0.39, 0.29) is 0 Å². The van der Waals surface area contributed by atoms with Gasteiger partial charge in [0.1, 0.15) is 0 Å². The standard InChI is InChI=1S/C15H18N2/c1-12(2)14-9-13(10-16-11-14)6-7-15-5-3-4-8-17-15/h3-5,8-12H,6-7H2,1-2H3. The first kappa shape index (κ1) is 11.8. The largest absolute Gasteiger partial charge is 0.264 e. The van der Waals surface area contributed by atoms with E-state index in [1.807, 2.05) is 30.7 Å². The Kier molecular flexibility index (Phi) is 3.86. The average Bonchev–Trinajstić information content (AvgIpc) is 2.38. The molecule has 0 unspecified atom stereocenters. The maximum absolute atomic E-state index is 4.33. The third-order valence-corrected chi connectivity index (χ3v) is 2.88. The summed E-state index contributed by atoms with van der Waals surface area (Å²) in [6.07, 6.45) is 7.73. The first-order valence-corrected chi connectivity index (χ1v) is 6.09. The van der Waals surface area contributed by atoms with E-state index in [0.717, 1.165) is 18.5 Å². The SMILES string of the molecule is CC(C)c1cncc(CCc2ccccn2)c1. The number of nitrogens with zero attached hydrogens (tertiary/aromatic N) is 2. The molecule has 2 rings (SSSR count). The molecule has 0 saturated heterocycles. The molecular formula is C15H18N2. The van der Waals surface area contributed by atoms with Gasteiger partial charge >= 0.3 is 0 Å². The van der Waals surface area contributed by atoms with Gasteiger partial charge in [-0.3, -0.25) is 9.97 Å². The molecule has 0 aliphatic rings. The second kappa shape index (κ2) is 5.58. The molecule has 0 aromatic carbocycles. The molecule has 0 N–H and O–H groups in total. The molecule has 0 saturated carbocycles. The molecule has 0 radical (unpaired) electrons. The van der Waals surface area contributed by atoms with Crippen molar-refractivity contribution in [3.8, 4) is 0 Å². The van der Waals surface area contributed by atoms with E-state index in [1.165, 1.54) is 11.1 Å². The van der Waals surface area contributed by atoms with Crippen molar-refractivity contribution in [3.05, 3.63) is 59.7 Å². The van der Waals surface area contributed by atoms with Crippen molar-refractivity contribution in [1.29, 1.82) is 0 Å². The van der Waals surface area contributed by atoms with Crippen LogP contribution in [-0.4, -0.2) is 9.97 Å². The van der Waals surface area contributed by atoms with Gasteiger partial charge in [-0.2, -0.15) is 0 Å². The number of aromatic nitrogens is 2. The number of hydrogen-bond acceptors (Lipinski definition) is 2. The van der Waals surface area contributed by atoms with Gasteiger partial charge in [0.05, 0.1) is 0 Å². The van der Waals surface area contributed by atoms with Gasteiger partial charge in [0.2, 0.25) is 0 Å². The Balaban J connectivity index is 2.02. The normalized spacial score (nSPS) is 10.8. The van der Waals surface area contributed by atoms with Crippen molar-refractivity contribution in [2.24, 2.45) is 0 Å². The number of pyridine rings is 2. The molecule has 2 heterocycles. The summed E-state index contributed by atoms with van der Waals surface area (Å²) in [6, 6.07) is 8.30. The summed E-state index contributed by atoms with van der Waals surface area (Å²) in [5, 5.41) is 0. The topological polar surface area (TPSA) is 25.8 Å². The zero-order valence-corrected chi connectivity index (χ0v) is 10.4. The number of rotatable bonds is 4. The molecule has 0 aliphatic carbocycles. The lowest BCUT2D eigenvalue weighted by Crippen LogP contribution is -1.97. The Hall–Kier alpha value is -1.70. The van der Waals surface area contributed by atoms with Crippen LogP contribution in [0.25, 0.3) is 0 Å². The van der Waals surface area contributed by atoms with Crippen molar-refractivity contribution in [2.45, 2.75) is 32.6 Å². The highest BCUT2D eigenvalue weighted by Crippen LogP contribution is 2.15. The first-order chi connectivity index (χ1) is 8.25. The van der Waals surface area contributed by atoms with Gasteiger partial charge in [0.15, 0.2) is 0 Å². The molecule has 0 amide bonds. The highest BCUT2D eigenvalue weighted by Gasteiger charge is 2.02. The first-order valence-electron chi connectivity index (χ1n) is 6.09. The number of aryl methyl sites for hydroxylation is 2. The summed E-state index contributed by atoms with van der Waals surface area (Å²) in [6.45, 7) is 4.39. The maximum Gasteiger partial charge on any atom is 0.0406 e. The van der Waals surface area contributed by atoms with Crippen molar-refractivity contribution in [3.63, 3.8) is 0 Å². The summed E-state index contributed by atoms with van der Waals surface area (Å²) >= 11 is 0. The van der Waals surface area contributed by atoms with Crippen LogP contribution in [0.3, 0.4) is 0 Å². The van der Waals surface area contributed by atoms with Crippen LogP contribution in [0, 0.1) is 0 Å². The summed E-state index contributed by atoms with van der Waals surface area (Å²) in [7, 11) is 0. The van der Waals surface area contributed by atoms with Gasteiger partial charge in [0, 0.05) is 24.3 Å². The Morgan fingerprint density at radius 2 is 2.00 bits per heavy atom. The smallest absolute Gasteiger partial charge is 0.0406 e. The third kappa shape index (κ3) is 3.38. The van der Waals surface area contributed by atoms with E-state index in [2.05, 4.69) is 35.9 Å². The van der Waals surface area contributed by atoms with Crippen LogP contribution in [0.4, 0.5) is 0 Å². The summed E-state index contributed by atoms with van der Waals surface area (Å²) < 4.78 is 0. The maximum atomic E-state index is 4.33. The highest BCUT2D eigenvalue weighted by molar-refractivity contribution is 5.21. The van der Waals surface area contributed by atoms with Crippen LogP contribution in [0.15, 0.2) is 42.9 Å². The zero-order valence-electron chi connectivity index (χ0n) is 10.4. The van der Waals surface area contributed by atoms with Crippen molar-refractivity contribution in [2.75, 3.05) is 0 Å². The molecule has 2 aromatic rings. The monoisotopic (exact) mass is 226 g/mol. The van der Waals surface area contributed by atoms with Crippen LogP contribution in [0.5, 0.6) is 0 Å². The second-order valence-electron chi connectivity index (χ2n) is 4.60. The van der Waals surface area contributed by atoms with E-state index in [0.29, 0.717) is 5.92 Å². The lowest BCUT2D eigenvalue weighted by atomic mass is 10.0. The molecule has 17 heavy (non-hydrogen) atoms. The van der Waals surface area contributed by atoms with E-state index < -0.39 is 0 Å². The Morgan fingerprint density at radius 1 is 1.12 bits per heavy atom. The quantitative estimate of drug-likeness (QED) is 0.798. The molecular weight excluding hydrogens is 208 g/mol. The summed E-state index contributed by atoms with van der Waals surface area (Å²) in [5.41, 5.74) is 3.74. The van der Waals surface area contributed by atoms with E-state index >= 15 is 0 Å². The van der Waals surface area contributed by atoms with Crippen molar-refractivity contribution < 1.29 is 0 Å². The van der Waals surface area contributed by atoms with Gasteiger partial charge < -0.3 is 0 Å². The van der Waals surface area contributed by atoms with Crippen LogP contribution in [-0.2, 0) is 12.8 Å². The van der Waals surface area contributed by atoms with Gasteiger partial charge in [-0.05, 0) is 42.0 Å². The lowest BCUT2D eigenvalue weighted by molar-refractivity contribution is 0.842. The van der Waals surface area contributed by atoms with Crippen LogP contribution >= 0.6 is 0 Å². The molecule has 0 atom stereocenters. The lowest BCUT2D eigenvalue weighted by Gasteiger charge is -2.07. The fourth-order valence-corrected chi connectivity index (χ4v) is 1.78. The molecule has 0 spiro atoms. The zero-order chi connectivity index (χ0) is 12.1. The average molecular weight is 226 g/mol. The molecule has 0 fully saturated rings. The highest BCUT2D eigenvalue weighted by atomic mass is 14.7. The van der Waals surface area contributed by atoms with Crippen LogP contribution in [0.1, 0.15) is 36.6 Å². The predicted octanol–water partition coefficient (Wildman–Crippen LogP) is 3.39. The van der Waals surface area contributed by atoms with Gasteiger partial charge in [-0.1, -0.05) is 26.0 Å². The summed E-state index contributed by atoms with van der Waals surface area (Å²) in [4.78, 5) is 8.63. The van der Waals surface area contributed by atoms with Crippen molar-refractivity contribution >= 4 is 0 Å². The third-order valence-electron chi connectivity index (χ3n) is 2.88. The molecule has 0 aliphatic heterocycles. The fraction of sp³-hybridized carbons (Fsp3) is 0.333. The van der Waals surface area contributed by atoms with Gasteiger partial charge in [0.25, 0.3) is 0 Å². The number of hydrogen-bond donors (Lipinski definition) is 0. The van der Waals surface area contributed by atoms with Crippen LogP contribution < -0.4 is 0 Å². The molecule has 2 heteroatoms. The predicted molar refractivity (Wildman–Crippen MR) is 70.0 cm³/mol. The van der Waals surface area contributed by atoms with E-state index in [9.17, 15) is 0 Å². The minimum absolute atomic E-state index is 0.539. The molecule has 2 nitrogen and oxygen atoms in total. The Morgan fingerprint density at radius 3 is 2.71 bits per heavy atom. The second-order valence-corrected chi connectivity index (χ2v) is 4.60. The summed E-state index contributed by atoms with van der Waals surface area (Å²) in [5.74, 6) is 0.539. The van der Waals surface area contributed by atoms with Gasteiger partial charge in [-0.25, -0.2) is 0 Å². The Bertz CT molecular complexity index is 463. The minimum Gasteiger partial charge on any atom is -0.264 e. The minimum atomic E-state index is 0.539. The molecule has 2 aromatic heterocycles. The molecule has 88 valence electrons. The van der Waals surface area contributed by atoms with E-state index in [1.54, 1.807) is 0 Å². The van der Waals surface area contributed by atoms with Gasteiger partial charge in [-0.15, -0.1) is 0 Å². The molecule has 0 bridgehead atoms. The van der Waals surface area contributed by atoms with Crippen LogP contribution in [0.2, 0.25) is 0 Å². The van der Waals surface area contributed by atoms with Crippen molar-refractivity contribution in [1.82, 2.24) is 9.97 Å². The Labute approximate surface area is 103 Å². The fourth-order valence-electron chi connectivity index (χ4n) is 1.78. The van der Waals surface area contributed by atoms with E-state index in [4.69, 9.17) is 0 Å².